The standard InChI is InChI=1S/C26H33N3O5/c1-3-12-28-14-11-22-20(16-28)24(19-9-5-6-10-21(19)27-22)26(32)34-17-23(30)29-13-7-8-18(15-29)25(31)33-4-2/h5-6,9-10,18H,3-4,7-8,11-17H2,1-2H3. The van der Waals surface area contributed by atoms with Crippen LogP contribution >= 0.6 is 0 Å². The highest BCUT2D eigenvalue weighted by atomic mass is 16.5. The van der Waals surface area contributed by atoms with Gasteiger partial charge < -0.3 is 14.4 Å². The fourth-order valence-corrected chi connectivity index (χ4v) is 4.93. The van der Waals surface area contributed by atoms with Gasteiger partial charge in [0, 0.05) is 49.2 Å². The van der Waals surface area contributed by atoms with Gasteiger partial charge in [-0.25, -0.2) is 4.79 Å². The molecule has 8 heteroatoms. The molecule has 1 saturated heterocycles. The van der Waals surface area contributed by atoms with Crippen LogP contribution in [0.3, 0.4) is 0 Å². The van der Waals surface area contributed by atoms with Crippen molar-refractivity contribution in [1.29, 1.82) is 0 Å². The van der Waals surface area contributed by atoms with E-state index >= 15 is 0 Å². The molecule has 2 aliphatic heterocycles. The minimum absolute atomic E-state index is 0.275. The van der Waals surface area contributed by atoms with Gasteiger partial charge in [-0.1, -0.05) is 25.1 Å². The zero-order chi connectivity index (χ0) is 24.1. The Morgan fingerprint density at radius 1 is 1.12 bits per heavy atom. The number of pyridine rings is 1. The molecule has 0 bridgehead atoms. The van der Waals surface area contributed by atoms with Gasteiger partial charge in [0.25, 0.3) is 5.91 Å². The van der Waals surface area contributed by atoms with E-state index in [2.05, 4.69) is 11.8 Å². The van der Waals surface area contributed by atoms with Gasteiger partial charge in [0.1, 0.15) is 0 Å². The zero-order valence-corrected chi connectivity index (χ0v) is 20.0. The van der Waals surface area contributed by atoms with Gasteiger partial charge in [-0.15, -0.1) is 0 Å². The van der Waals surface area contributed by atoms with Crippen LogP contribution in [-0.2, 0) is 32.0 Å². The first-order chi connectivity index (χ1) is 16.5. The molecule has 182 valence electrons. The number of carbonyl (C=O) groups is 3. The third-order valence-corrected chi connectivity index (χ3v) is 6.59. The van der Waals surface area contributed by atoms with Crippen LogP contribution in [0.4, 0.5) is 0 Å². The van der Waals surface area contributed by atoms with Crippen LogP contribution < -0.4 is 0 Å². The molecule has 2 aliphatic rings. The van der Waals surface area contributed by atoms with Crippen LogP contribution in [-0.4, -0.2) is 72.0 Å². The monoisotopic (exact) mass is 467 g/mol. The highest BCUT2D eigenvalue weighted by molar-refractivity contribution is 6.05. The lowest BCUT2D eigenvalue weighted by molar-refractivity contribution is -0.151. The van der Waals surface area contributed by atoms with E-state index in [9.17, 15) is 14.4 Å². The van der Waals surface area contributed by atoms with Gasteiger partial charge in [0.15, 0.2) is 6.61 Å². The summed E-state index contributed by atoms with van der Waals surface area (Å²) in [4.78, 5) is 47.0. The molecular weight excluding hydrogens is 434 g/mol. The number of aromatic nitrogens is 1. The number of hydrogen-bond acceptors (Lipinski definition) is 7. The average Bonchev–Trinajstić information content (AvgIpc) is 2.86. The predicted molar refractivity (Wildman–Crippen MR) is 127 cm³/mol. The molecule has 0 saturated carbocycles. The van der Waals surface area contributed by atoms with Crippen molar-refractivity contribution < 1.29 is 23.9 Å². The van der Waals surface area contributed by atoms with E-state index in [1.807, 2.05) is 24.3 Å². The van der Waals surface area contributed by atoms with Crippen LogP contribution in [0.25, 0.3) is 10.9 Å². The van der Waals surface area contributed by atoms with Crippen molar-refractivity contribution >= 4 is 28.7 Å². The van der Waals surface area contributed by atoms with Crippen LogP contribution in [0.1, 0.15) is 54.7 Å². The van der Waals surface area contributed by atoms with Crippen molar-refractivity contribution in [2.75, 3.05) is 39.4 Å². The van der Waals surface area contributed by atoms with E-state index in [-0.39, 0.29) is 24.4 Å². The van der Waals surface area contributed by atoms with Gasteiger partial charge >= 0.3 is 11.9 Å². The van der Waals surface area contributed by atoms with Crippen molar-refractivity contribution in [2.45, 2.75) is 46.1 Å². The molecule has 0 radical (unpaired) electrons. The first-order valence-corrected chi connectivity index (χ1v) is 12.3. The first kappa shape index (κ1) is 24.1. The molecule has 1 amide bonds. The number of para-hydroxylation sites is 1. The normalized spacial score (nSPS) is 18.4. The molecule has 1 fully saturated rings. The fraction of sp³-hybridized carbons (Fsp3) is 0.538. The fourth-order valence-electron chi connectivity index (χ4n) is 4.93. The summed E-state index contributed by atoms with van der Waals surface area (Å²) in [5.41, 5.74) is 3.10. The van der Waals surface area contributed by atoms with Gasteiger partial charge in [-0.2, -0.15) is 0 Å². The lowest BCUT2D eigenvalue weighted by Crippen LogP contribution is -2.44. The quantitative estimate of drug-likeness (QED) is 0.579. The molecule has 2 aromatic rings. The maximum atomic E-state index is 13.3. The third-order valence-electron chi connectivity index (χ3n) is 6.59. The number of carbonyl (C=O) groups excluding carboxylic acids is 3. The van der Waals surface area contributed by atoms with E-state index < -0.39 is 5.97 Å². The molecule has 0 N–H and O–H groups in total. The summed E-state index contributed by atoms with van der Waals surface area (Å²) in [5, 5.41) is 0.748. The molecule has 1 unspecified atom stereocenters. The summed E-state index contributed by atoms with van der Waals surface area (Å²) in [6.45, 7) is 7.24. The number of likely N-dealkylation sites (tertiary alicyclic amines) is 1. The van der Waals surface area contributed by atoms with E-state index in [0.29, 0.717) is 38.2 Å². The minimum Gasteiger partial charge on any atom is -0.466 e. The number of benzene rings is 1. The number of fused-ring (bicyclic) bond motifs is 2. The maximum absolute atomic E-state index is 13.3. The Morgan fingerprint density at radius 3 is 2.74 bits per heavy atom. The Bertz CT molecular complexity index is 1070. The predicted octanol–water partition coefficient (Wildman–Crippen LogP) is 2.96. The summed E-state index contributed by atoms with van der Waals surface area (Å²) >= 11 is 0. The molecule has 1 atom stereocenters. The van der Waals surface area contributed by atoms with E-state index in [1.165, 1.54) is 0 Å². The van der Waals surface area contributed by atoms with Crippen molar-refractivity contribution in [2.24, 2.45) is 5.92 Å². The molecule has 0 aliphatic carbocycles. The average molecular weight is 468 g/mol. The second-order valence-electron chi connectivity index (χ2n) is 8.96. The topological polar surface area (TPSA) is 89.0 Å². The summed E-state index contributed by atoms with van der Waals surface area (Å²) < 4.78 is 10.7. The Labute approximate surface area is 200 Å². The van der Waals surface area contributed by atoms with Crippen molar-refractivity contribution in [1.82, 2.24) is 14.8 Å². The van der Waals surface area contributed by atoms with Crippen molar-refractivity contribution in [3.8, 4) is 0 Å². The number of hydrogen-bond donors (Lipinski definition) is 0. The summed E-state index contributed by atoms with van der Waals surface area (Å²) in [5.74, 6) is -1.39. The first-order valence-electron chi connectivity index (χ1n) is 12.3. The smallest absolute Gasteiger partial charge is 0.339 e. The molecular formula is C26H33N3O5. The SMILES string of the molecule is CCCN1CCc2nc3ccccc3c(C(=O)OCC(=O)N3CCCC(C(=O)OCC)C3)c2C1. The van der Waals surface area contributed by atoms with E-state index in [1.54, 1.807) is 11.8 Å². The molecule has 1 aromatic heterocycles. The molecule has 3 heterocycles. The number of rotatable bonds is 7. The van der Waals surface area contributed by atoms with Crippen molar-refractivity contribution in [3.05, 3.63) is 41.1 Å². The van der Waals surface area contributed by atoms with Crippen molar-refractivity contribution in [3.63, 3.8) is 0 Å². The number of piperidine rings is 1. The van der Waals surface area contributed by atoms with Crippen LogP contribution in [0.15, 0.2) is 24.3 Å². The van der Waals surface area contributed by atoms with E-state index in [4.69, 9.17) is 14.5 Å². The van der Waals surface area contributed by atoms with Crippen LogP contribution in [0.5, 0.6) is 0 Å². The lowest BCUT2D eigenvalue weighted by Gasteiger charge is -2.31. The summed E-state index contributed by atoms with van der Waals surface area (Å²) in [7, 11) is 0. The second-order valence-corrected chi connectivity index (χ2v) is 8.96. The number of nitrogens with zero attached hydrogens (tertiary/aromatic N) is 3. The third kappa shape index (κ3) is 5.22. The van der Waals surface area contributed by atoms with Crippen LogP contribution in [0, 0.1) is 5.92 Å². The molecule has 4 rings (SSSR count). The lowest BCUT2D eigenvalue weighted by atomic mass is 9.95. The number of esters is 2. The molecule has 8 nitrogen and oxygen atoms in total. The highest BCUT2D eigenvalue weighted by Crippen LogP contribution is 2.29. The number of ether oxygens (including phenoxy) is 2. The molecule has 1 aromatic carbocycles. The van der Waals surface area contributed by atoms with Gasteiger partial charge in [0.05, 0.1) is 23.6 Å². The van der Waals surface area contributed by atoms with Gasteiger partial charge in [-0.3, -0.25) is 19.5 Å². The number of amides is 1. The largest absolute Gasteiger partial charge is 0.466 e. The molecule has 34 heavy (non-hydrogen) atoms. The summed E-state index contributed by atoms with van der Waals surface area (Å²) in [6.07, 6.45) is 3.24. The molecule has 0 spiro atoms. The Morgan fingerprint density at radius 2 is 1.94 bits per heavy atom. The second kappa shape index (κ2) is 11.0. The highest BCUT2D eigenvalue weighted by Gasteiger charge is 2.31. The maximum Gasteiger partial charge on any atom is 0.339 e. The van der Waals surface area contributed by atoms with E-state index in [0.717, 1.165) is 54.5 Å². The van der Waals surface area contributed by atoms with Gasteiger partial charge in [0.2, 0.25) is 0 Å². The van der Waals surface area contributed by atoms with Crippen LogP contribution in [0.2, 0.25) is 0 Å². The summed E-state index contributed by atoms with van der Waals surface area (Å²) in [6, 6.07) is 7.57. The van der Waals surface area contributed by atoms with Gasteiger partial charge in [-0.05, 0) is 38.8 Å². The minimum atomic E-state index is -0.500. The Kier molecular flexibility index (Phi) is 7.77. The zero-order valence-electron chi connectivity index (χ0n) is 20.0. The Balaban J connectivity index is 1.50. The Hall–Kier alpha value is -3.00.